The van der Waals surface area contributed by atoms with Gasteiger partial charge in [0.25, 0.3) is 0 Å². The highest BCUT2D eigenvalue weighted by Crippen LogP contribution is 2.32. The van der Waals surface area contributed by atoms with Crippen LogP contribution in [0.25, 0.3) is 33.9 Å². The van der Waals surface area contributed by atoms with Gasteiger partial charge in [-0.25, -0.2) is 0 Å². The van der Waals surface area contributed by atoms with E-state index in [-0.39, 0.29) is 5.92 Å². The van der Waals surface area contributed by atoms with Crippen LogP contribution in [0.4, 0.5) is 0 Å². The normalized spacial score (nSPS) is 14.8. The van der Waals surface area contributed by atoms with Crippen molar-refractivity contribution < 1.29 is 14.3 Å². The smallest absolute Gasteiger partial charge is 0.309 e. The molecule has 5 rings (SSSR count). The number of rotatable bonds is 9. The van der Waals surface area contributed by atoms with Crippen LogP contribution in [-0.2, 0) is 11.3 Å². The monoisotopic (exact) mass is 467 g/mol. The van der Waals surface area contributed by atoms with Crippen LogP contribution < -0.4 is 0 Å². The number of carboxylic acid groups (broad SMARTS) is 1. The van der Waals surface area contributed by atoms with Crippen LogP contribution in [0.3, 0.4) is 0 Å². The summed E-state index contributed by atoms with van der Waals surface area (Å²) in [6.07, 6.45) is 5.17. The Morgan fingerprint density at radius 3 is 2.51 bits per heavy atom. The molecule has 0 saturated carbocycles. The lowest BCUT2D eigenvalue weighted by Gasteiger charge is -2.36. The molecule has 0 amide bonds. The van der Waals surface area contributed by atoms with Gasteiger partial charge in [0, 0.05) is 31.3 Å². The number of nitrogens with zero attached hydrogens (tertiary/aromatic N) is 3. The van der Waals surface area contributed by atoms with E-state index in [2.05, 4.69) is 52.4 Å². The number of carbonyl (C=O) groups is 1. The minimum atomic E-state index is -0.715. The Morgan fingerprint density at radius 1 is 1.03 bits per heavy atom. The zero-order valence-electron chi connectivity index (χ0n) is 19.9. The topological polar surface area (TPSA) is 79.5 Å². The number of carboxylic acids is 1. The highest BCUT2D eigenvalue weighted by molar-refractivity contribution is 5.97. The Bertz CT molecular complexity index is 1350. The highest BCUT2D eigenvalue weighted by Gasteiger charge is 2.32. The molecular formula is C29H29N3O3. The molecule has 0 unspecified atom stereocenters. The van der Waals surface area contributed by atoms with Crippen LogP contribution in [-0.4, -0.2) is 39.3 Å². The predicted molar refractivity (Wildman–Crippen MR) is 137 cm³/mol. The lowest BCUT2D eigenvalue weighted by atomic mass is 9.96. The van der Waals surface area contributed by atoms with Crippen molar-refractivity contribution in [1.82, 2.24) is 15.1 Å². The van der Waals surface area contributed by atoms with E-state index in [4.69, 9.17) is 9.52 Å². The summed E-state index contributed by atoms with van der Waals surface area (Å²) in [5.41, 5.74) is 4.43. The van der Waals surface area contributed by atoms with Crippen molar-refractivity contribution in [3.63, 3.8) is 0 Å². The Kier molecular flexibility index (Phi) is 6.73. The number of hydrogen-bond acceptors (Lipinski definition) is 5. The van der Waals surface area contributed by atoms with E-state index in [1.165, 1.54) is 16.7 Å². The van der Waals surface area contributed by atoms with Gasteiger partial charge in [0.2, 0.25) is 11.8 Å². The number of hydrogen-bond donors (Lipinski definition) is 1. The van der Waals surface area contributed by atoms with Gasteiger partial charge < -0.3 is 9.52 Å². The van der Waals surface area contributed by atoms with Gasteiger partial charge in [-0.15, -0.1) is 10.2 Å². The van der Waals surface area contributed by atoms with Crippen molar-refractivity contribution in [1.29, 1.82) is 0 Å². The molecule has 0 bridgehead atoms. The summed E-state index contributed by atoms with van der Waals surface area (Å²) in [6, 6.07) is 22.6. The van der Waals surface area contributed by atoms with Crippen molar-refractivity contribution >= 4 is 28.4 Å². The average molecular weight is 468 g/mol. The van der Waals surface area contributed by atoms with Gasteiger partial charge in [0.1, 0.15) is 0 Å². The van der Waals surface area contributed by atoms with Crippen LogP contribution in [0.2, 0.25) is 0 Å². The first-order chi connectivity index (χ1) is 17.1. The summed E-state index contributed by atoms with van der Waals surface area (Å²) in [7, 11) is 0. The van der Waals surface area contributed by atoms with Crippen LogP contribution in [0.15, 0.2) is 71.1 Å². The van der Waals surface area contributed by atoms with E-state index in [9.17, 15) is 4.79 Å². The summed E-state index contributed by atoms with van der Waals surface area (Å²) in [5.74, 6) is 0.0246. The third-order valence-electron chi connectivity index (χ3n) is 6.63. The molecule has 178 valence electrons. The fraction of sp³-hybridized carbons (Fsp3) is 0.276. The molecule has 1 aliphatic heterocycles. The number of benzene rings is 3. The molecule has 3 aromatic carbocycles. The summed E-state index contributed by atoms with van der Waals surface area (Å²) in [6.45, 7) is 4.09. The molecule has 6 heteroatoms. The number of unbranched alkanes of at least 4 members (excludes halogenated alkanes) is 1. The molecule has 1 saturated heterocycles. The van der Waals surface area contributed by atoms with Gasteiger partial charge >= 0.3 is 5.97 Å². The van der Waals surface area contributed by atoms with Gasteiger partial charge in [0.05, 0.1) is 5.92 Å². The molecular weight excluding hydrogens is 438 g/mol. The second-order valence-corrected chi connectivity index (χ2v) is 9.13. The second kappa shape index (κ2) is 10.2. The van der Waals surface area contributed by atoms with E-state index >= 15 is 0 Å². The predicted octanol–water partition coefficient (Wildman–Crippen LogP) is 6.14. The Morgan fingerprint density at radius 2 is 1.77 bits per heavy atom. The molecule has 6 nitrogen and oxygen atoms in total. The first-order valence-corrected chi connectivity index (χ1v) is 12.2. The molecule has 35 heavy (non-hydrogen) atoms. The average Bonchev–Trinajstić information content (AvgIpc) is 3.32. The summed E-state index contributed by atoms with van der Waals surface area (Å²) in [5, 5.41) is 20.0. The van der Waals surface area contributed by atoms with E-state index in [1.807, 2.05) is 42.5 Å². The van der Waals surface area contributed by atoms with Crippen LogP contribution in [0.5, 0.6) is 0 Å². The van der Waals surface area contributed by atoms with Crippen molar-refractivity contribution in [3.8, 4) is 11.5 Å². The Labute approximate surface area is 204 Å². The molecule has 1 aliphatic rings. The molecule has 0 atom stereocenters. The Balaban J connectivity index is 1.43. The van der Waals surface area contributed by atoms with E-state index in [1.54, 1.807) is 0 Å². The number of fused-ring (bicyclic) bond motifs is 1. The molecule has 1 aromatic heterocycles. The number of aliphatic carboxylic acids is 1. The van der Waals surface area contributed by atoms with Gasteiger partial charge in [-0.3, -0.25) is 9.69 Å². The third kappa shape index (κ3) is 5.03. The molecule has 0 spiro atoms. The van der Waals surface area contributed by atoms with Crippen molar-refractivity contribution in [2.24, 2.45) is 5.92 Å². The SMILES string of the molecule is CCCC/C(=C\c1nnc(-c2ccc(CN3CC(C(=O)O)C3)c3ccccc23)o1)c1ccccc1. The largest absolute Gasteiger partial charge is 0.481 e. The standard InChI is InChI=1S/C29H29N3O3/c1-2-3-9-21(20-10-5-4-6-11-20)16-27-30-31-28(35-27)26-15-14-22(24-12-7-8-13-25(24)26)17-32-18-23(19-32)29(33)34/h4-8,10-16,23H,2-3,9,17-19H2,1H3,(H,33,34)/b21-16+. The maximum atomic E-state index is 11.1. The first kappa shape index (κ1) is 23.0. The van der Waals surface area contributed by atoms with E-state index in [0.717, 1.165) is 42.1 Å². The maximum Gasteiger partial charge on any atom is 0.309 e. The van der Waals surface area contributed by atoms with Gasteiger partial charge in [0.15, 0.2) is 0 Å². The Hall–Kier alpha value is -3.77. The quantitative estimate of drug-likeness (QED) is 0.319. The highest BCUT2D eigenvalue weighted by atomic mass is 16.4. The first-order valence-electron chi connectivity index (χ1n) is 12.2. The molecule has 2 heterocycles. The number of likely N-dealkylation sites (tertiary alicyclic amines) is 1. The number of aromatic nitrogens is 2. The fourth-order valence-corrected chi connectivity index (χ4v) is 4.65. The molecule has 0 aliphatic carbocycles. The lowest BCUT2D eigenvalue weighted by Crippen LogP contribution is -2.49. The fourth-order valence-electron chi connectivity index (χ4n) is 4.65. The minimum Gasteiger partial charge on any atom is -0.481 e. The minimum absolute atomic E-state index is 0.261. The van der Waals surface area contributed by atoms with Crippen LogP contribution in [0, 0.1) is 5.92 Å². The zero-order chi connectivity index (χ0) is 24.2. The summed E-state index contributed by atoms with van der Waals surface area (Å²) < 4.78 is 6.13. The summed E-state index contributed by atoms with van der Waals surface area (Å²) in [4.78, 5) is 13.3. The second-order valence-electron chi connectivity index (χ2n) is 9.13. The summed E-state index contributed by atoms with van der Waals surface area (Å²) >= 11 is 0. The van der Waals surface area contributed by atoms with Gasteiger partial charge in [-0.05, 0) is 46.4 Å². The van der Waals surface area contributed by atoms with Crippen LogP contribution >= 0.6 is 0 Å². The maximum absolute atomic E-state index is 11.1. The molecule has 4 aromatic rings. The number of allylic oxidation sites excluding steroid dienone is 1. The molecule has 1 fully saturated rings. The zero-order valence-corrected chi connectivity index (χ0v) is 19.9. The van der Waals surface area contributed by atoms with E-state index in [0.29, 0.717) is 24.9 Å². The van der Waals surface area contributed by atoms with Gasteiger partial charge in [-0.2, -0.15) is 0 Å². The van der Waals surface area contributed by atoms with Crippen molar-refractivity contribution in [2.45, 2.75) is 32.7 Å². The third-order valence-corrected chi connectivity index (χ3v) is 6.63. The van der Waals surface area contributed by atoms with E-state index < -0.39 is 5.97 Å². The molecule has 1 N–H and O–H groups in total. The van der Waals surface area contributed by atoms with Crippen LogP contribution in [0.1, 0.15) is 43.2 Å². The van der Waals surface area contributed by atoms with Crippen molar-refractivity contribution in [3.05, 3.63) is 83.7 Å². The van der Waals surface area contributed by atoms with Gasteiger partial charge in [-0.1, -0.05) is 74.0 Å². The molecule has 0 radical (unpaired) electrons. The lowest BCUT2D eigenvalue weighted by molar-refractivity contribution is -0.147. The van der Waals surface area contributed by atoms with Crippen molar-refractivity contribution in [2.75, 3.05) is 13.1 Å².